The summed E-state index contributed by atoms with van der Waals surface area (Å²) < 4.78 is 5.14. The maximum Gasteiger partial charge on any atom is 0.277 e. The molecule has 0 unspecified atom stereocenters. The second-order valence-electron chi connectivity index (χ2n) is 5.75. The van der Waals surface area contributed by atoms with Gasteiger partial charge in [0, 0.05) is 16.6 Å². The molecule has 0 fully saturated rings. The highest BCUT2D eigenvalue weighted by atomic mass is 16.3. The molecule has 0 radical (unpaired) electrons. The molecule has 2 aromatic heterocycles. The number of hydrogen-bond donors (Lipinski definition) is 0. The lowest BCUT2D eigenvalue weighted by Gasteiger charge is -2.22. The predicted molar refractivity (Wildman–Crippen MR) is 97.4 cm³/mol. The van der Waals surface area contributed by atoms with Crippen molar-refractivity contribution in [1.82, 2.24) is 4.98 Å². The number of fused-ring (bicyclic) bond motifs is 1. The van der Waals surface area contributed by atoms with Crippen molar-refractivity contribution in [2.75, 3.05) is 4.90 Å². The summed E-state index contributed by atoms with van der Waals surface area (Å²) in [7, 11) is 0. The third-order valence-electron chi connectivity index (χ3n) is 4.05. The molecule has 4 nitrogen and oxygen atoms in total. The van der Waals surface area contributed by atoms with Gasteiger partial charge in [0.05, 0.1) is 24.6 Å². The summed E-state index contributed by atoms with van der Waals surface area (Å²) in [6.45, 7) is 0.424. The number of rotatable bonds is 4. The van der Waals surface area contributed by atoms with Crippen LogP contribution in [0.25, 0.3) is 10.9 Å². The number of aromatic nitrogens is 1. The van der Waals surface area contributed by atoms with Crippen LogP contribution in [0, 0.1) is 0 Å². The van der Waals surface area contributed by atoms with E-state index in [1.54, 1.807) is 23.5 Å². The van der Waals surface area contributed by atoms with Crippen molar-refractivity contribution in [2.45, 2.75) is 6.54 Å². The van der Waals surface area contributed by atoms with Gasteiger partial charge in [-0.1, -0.05) is 42.5 Å². The highest BCUT2D eigenvalue weighted by Crippen LogP contribution is 2.21. The maximum absolute atomic E-state index is 13.1. The molecular formula is C21H16N2O2. The van der Waals surface area contributed by atoms with E-state index in [0.29, 0.717) is 12.2 Å². The van der Waals surface area contributed by atoms with Crippen LogP contribution in [0.3, 0.4) is 0 Å². The number of furan rings is 1. The summed E-state index contributed by atoms with van der Waals surface area (Å²) in [4.78, 5) is 19.4. The van der Waals surface area contributed by atoms with Gasteiger partial charge in [0.2, 0.25) is 0 Å². The number of benzene rings is 2. The topological polar surface area (TPSA) is 46.3 Å². The number of pyridine rings is 1. The van der Waals surface area contributed by atoms with Gasteiger partial charge in [0.1, 0.15) is 5.69 Å². The second-order valence-corrected chi connectivity index (χ2v) is 5.75. The SMILES string of the molecule is O=C(c1ccc2ccccc2n1)N(Cc1ccoc1)c1ccccc1. The van der Waals surface area contributed by atoms with Gasteiger partial charge >= 0.3 is 0 Å². The van der Waals surface area contributed by atoms with Crippen LogP contribution in [0.15, 0.2) is 89.7 Å². The summed E-state index contributed by atoms with van der Waals surface area (Å²) in [5.74, 6) is -0.141. The van der Waals surface area contributed by atoms with E-state index in [2.05, 4.69) is 4.98 Å². The van der Waals surface area contributed by atoms with Gasteiger partial charge < -0.3 is 9.32 Å². The molecule has 1 amide bonds. The monoisotopic (exact) mass is 328 g/mol. The highest BCUT2D eigenvalue weighted by Gasteiger charge is 2.20. The smallest absolute Gasteiger partial charge is 0.277 e. The van der Waals surface area contributed by atoms with E-state index in [0.717, 1.165) is 22.2 Å². The van der Waals surface area contributed by atoms with Crippen LogP contribution in [0.4, 0.5) is 5.69 Å². The van der Waals surface area contributed by atoms with Crippen molar-refractivity contribution < 1.29 is 9.21 Å². The Bertz CT molecular complexity index is 995. The maximum atomic E-state index is 13.1. The van der Waals surface area contributed by atoms with E-state index in [9.17, 15) is 4.79 Å². The first-order chi connectivity index (χ1) is 12.3. The third kappa shape index (κ3) is 3.15. The van der Waals surface area contributed by atoms with Gasteiger partial charge in [0.25, 0.3) is 5.91 Å². The van der Waals surface area contributed by atoms with Crippen LogP contribution in [0.1, 0.15) is 16.1 Å². The van der Waals surface area contributed by atoms with Crippen molar-refractivity contribution in [3.8, 4) is 0 Å². The minimum Gasteiger partial charge on any atom is -0.472 e. The predicted octanol–water partition coefficient (Wildman–Crippen LogP) is 4.67. The molecule has 0 aliphatic rings. The summed E-state index contributed by atoms with van der Waals surface area (Å²) in [6, 6.07) is 22.9. The zero-order chi connectivity index (χ0) is 17.1. The van der Waals surface area contributed by atoms with Crippen molar-refractivity contribution in [3.63, 3.8) is 0 Å². The van der Waals surface area contributed by atoms with Crippen molar-refractivity contribution in [3.05, 3.63) is 96.6 Å². The molecule has 0 aliphatic heterocycles. The fraction of sp³-hybridized carbons (Fsp3) is 0.0476. The van der Waals surface area contributed by atoms with E-state index in [1.807, 2.05) is 66.7 Å². The Morgan fingerprint density at radius 1 is 0.920 bits per heavy atom. The van der Waals surface area contributed by atoms with E-state index in [-0.39, 0.29) is 5.91 Å². The van der Waals surface area contributed by atoms with Gasteiger partial charge in [-0.25, -0.2) is 4.98 Å². The highest BCUT2D eigenvalue weighted by molar-refractivity contribution is 6.05. The molecular weight excluding hydrogens is 312 g/mol. The molecule has 4 heteroatoms. The minimum atomic E-state index is -0.141. The summed E-state index contributed by atoms with van der Waals surface area (Å²) >= 11 is 0. The van der Waals surface area contributed by atoms with Crippen molar-refractivity contribution >= 4 is 22.5 Å². The van der Waals surface area contributed by atoms with Gasteiger partial charge in [-0.15, -0.1) is 0 Å². The molecule has 0 bridgehead atoms. The Hall–Kier alpha value is -3.40. The number of hydrogen-bond acceptors (Lipinski definition) is 3. The molecule has 2 heterocycles. The Morgan fingerprint density at radius 3 is 2.52 bits per heavy atom. The quantitative estimate of drug-likeness (QED) is 0.547. The van der Waals surface area contributed by atoms with Crippen LogP contribution >= 0.6 is 0 Å². The number of nitrogens with zero attached hydrogens (tertiary/aromatic N) is 2. The number of amides is 1. The summed E-state index contributed by atoms with van der Waals surface area (Å²) in [5.41, 5.74) is 2.98. The minimum absolute atomic E-state index is 0.141. The fourth-order valence-corrected chi connectivity index (χ4v) is 2.78. The molecule has 4 rings (SSSR count). The van der Waals surface area contributed by atoms with Gasteiger partial charge in [-0.2, -0.15) is 0 Å². The van der Waals surface area contributed by atoms with Crippen molar-refractivity contribution in [1.29, 1.82) is 0 Å². The first-order valence-corrected chi connectivity index (χ1v) is 8.05. The first kappa shape index (κ1) is 15.1. The van der Waals surface area contributed by atoms with Crippen LogP contribution < -0.4 is 4.90 Å². The van der Waals surface area contributed by atoms with Gasteiger partial charge in [-0.05, 0) is 30.3 Å². The Kier molecular flexibility index (Phi) is 4.01. The molecule has 0 spiro atoms. The average molecular weight is 328 g/mol. The lowest BCUT2D eigenvalue weighted by atomic mass is 10.1. The third-order valence-corrected chi connectivity index (χ3v) is 4.05. The van der Waals surface area contributed by atoms with Crippen LogP contribution in [-0.4, -0.2) is 10.9 Å². The van der Waals surface area contributed by atoms with Crippen molar-refractivity contribution in [2.24, 2.45) is 0 Å². The normalized spacial score (nSPS) is 10.7. The molecule has 122 valence electrons. The zero-order valence-electron chi connectivity index (χ0n) is 13.5. The average Bonchev–Trinajstić information content (AvgIpc) is 3.19. The number of para-hydroxylation sites is 2. The zero-order valence-corrected chi connectivity index (χ0v) is 13.5. The summed E-state index contributed by atoms with van der Waals surface area (Å²) in [6.07, 6.45) is 3.26. The molecule has 0 atom stereocenters. The van der Waals surface area contributed by atoms with Gasteiger partial charge in [0.15, 0.2) is 0 Å². The molecule has 4 aromatic rings. The number of carbonyl (C=O) groups excluding carboxylic acids is 1. The summed E-state index contributed by atoms with van der Waals surface area (Å²) in [5, 5.41) is 1.01. The lowest BCUT2D eigenvalue weighted by Crippen LogP contribution is -2.30. The Labute approximate surface area is 145 Å². The molecule has 0 aliphatic carbocycles. The first-order valence-electron chi connectivity index (χ1n) is 8.05. The number of carbonyl (C=O) groups is 1. The second kappa shape index (κ2) is 6.61. The fourth-order valence-electron chi connectivity index (χ4n) is 2.78. The van der Waals surface area contributed by atoms with E-state index in [1.165, 1.54) is 0 Å². The number of anilines is 1. The van der Waals surface area contributed by atoms with Crippen LogP contribution in [0.2, 0.25) is 0 Å². The standard InChI is InChI=1S/C21H16N2O2/c24-21(20-11-10-17-6-4-5-9-19(17)22-20)23(14-16-12-13-25-15-16)18-7-2-1-3-8-18/h1-13,15H,14H2. The molecule has 0 N–H and O–H groups in total. The Balaban J connectivity index is 1.73. The van der Waals surface area contributed by atoms with Crippen LogP contribution in [0.5, 0.6) is 0 Å². The van der Waals surface area contributed by atoms with Gasteiger partial charge in [-0.3, -0.25) is 4.79 Å². The molecule has 2 aromatic carbocycles. The lowest BCUT2D eigenvalue weighted by molar-refractivity contribution is 0.0980. The van der Waals surface area contributed by atoms with E-state index >= 15 is 0 Å². The van der Waals surface area contributed by atoms with E-state index < -0.39 is 0 Å². The molecule has 25 heavy (non-hydrogen) atoms. The van der Waals surface area contributed by atoms with Crippen LogP contribution in [-0.2, 0) is 6.54 Å². The molecule has 0 saturated carbocycles. The largest absolute Gasteiger partial charge is 0.472 e. The van der Waals surface area contributed by atoms with E-state index in [4.69, 9.17) is 4.42 Å². The Morgan fingerprint density at radius 2 is 1.72 bits per heavy atom. The molecule has 0 saturated heterocycles.